The zero-order valence-electron chi connectivity index (χ0n) is 16.5. The number of rotatable bonds is 7. The van der Waals surface area contributed by atoms with Gasteiger partial charge in [-0.15, -0.1) is 0 Å². The van der Waals surface area contributed by atoms with E-state index < -0.39 is 0 Å². The molecule has 3 nitrogen and oxygen atoms in total. The Morgan fingerprint density at radius 2 is 1.79 bits per heavy atom. The first-order valence-corrected chi connectivity index (χ1v) is 10.8. The van der Waals surface area contributed by atoms with E-state index in [-0.39, 0.29) is 17.5 Å². The third-order valence-corrected chi connectivity index (χ3v) is 6.00. The number of hydrogen-bond donors (Lipinski definition) is 0. The molecule has 0 aliphatic heterocycles. The van der Waals surface area contributed by atoms with Crippen LogP contribution in [0.2, 0.25) is 0 Å². The predicted octanol–water partition coefficient (Wildman–Crippen LogP) is 5.10. The first-order chi connectivity index (χ1) is 13.5. The molecule has 0 spiro atoms. The smallest absolute Gasteiger partial charge is 0.139 e. The van der Waals surface area contributed by atoms with Gasteiger partial charge in [0.15, 0.2) is 0 Å². The van der Waals surface area contributed by atoms with Crippen LogP contribution in [0, 0.1) is 5.82 Å². The molecular formula is C23H27FN2OS. The Balaban J connectivity index is 1.50. The van der Waals surface area contributed by atoms with E-state index in [0.717, 1.165) is 41.4 Å². The largest absolute Gasteiger partial charge is 0.378 e. The molecule has 148 valence electrons. The number of halogens is 1. The fourth-order valence-electron chi connectivity index (χ4n) is 3.44. The predicted molar refractivity (Wildman–Crippen MR) is 117 cm³/mol. The molecule has 5 heteroatoms. The zero-order chi connectivity index (χ0) is 19.9. The first kappa shape index (κ1) is 20.6. The average Bonchev–Trinajstić information content (AvgIpc) is 2.69. The summed E-state index contributed by atoms with van der Waals surface area (Å²) in [4.78, 5) is 19.0. The second-order valence-corrected chi connectivity index (χ2v) is 8.54. The van der Waals surface area contributed by atoms with Crippen LogP contribution in [0.4, 0.5) is 10.1 Å². The van der Waals surface area contributed by atoms with Gasteiger partial charge in [0.05, 0.1) is 0 Å². The highest BCUT2D eigenvalue weighted by atomic mass is 32.2. The summed E-state index contributed by atoms with van der Waals surface area (Å²) in [5, 5.41) is 0. The lowest BCUT2D eigenvalue weighted by atomic mass is 9.82. The van der Waals surface area contributed by atoms with E-state index in [2.05, 4.69) is 29.2 Å². The minimum atomic E-state index is -0.201. The van der Waals surface area contributed by atoms with Crippen LogP contribution < -0.4 is 4.90 Å². The second-order valence-electron chi connectivity index (χ2n) is 7.43. The van der Waals surface area contributed by atoms with Crippen molar-refractivity contribution in [3.05, 3.63) is 65.5 Å². The first-order valence-electron chi connectivity index (χ1n) is 9.64. The minimum Gasteiger partial charge on any atom is -0.378 e. The maximum absolute atomic E-state index is 12.9. The molecule has 28 heavy (non-hydrogen) atoms. The molecule has 1 fully saturated rings. The van der Waals surface area contributed by atoms with Crippen molar-refractivity contribution >= 4 is 28.9 Å². The summed E-state index contributed by atoms with van der Waals surface area (Å²) in [5.74, 6) is 2.07. The average molecular weight is 399 g/mol. The molecule has 2 aromatic rings. The molecule has 1 aliphatic carbocycles. The number of thioether (sulfide) groups is 1. The number of aliphatic imine (C=N–C) groups is 1. The monoisotopic (exact) mass is 398 g/mol. The van der Waals surface area contributed by atoms with Gasteiger partial charge >= 0.3 is 0 Å². The van der Waals surface area contributed by atoms with E-state index in [1.165, 1.54) is 17.7 Å². The molecular weight excluding hydrogens is 371 g/mol. The molecule has 0 saturated heterocycles. The summed E-state index contributed by atoms with van der Waals surface area (Å²) in [6.45, 7) is 0.723. The highest BCUT2D eigenvalue weighted by Gasteiger charge is 2.25. The van der Waals surface area contributed by atoms with Crippen molar-refractivity contribution in [1.82, 2.24) is 0 Å². The molecule has 0 radical (unpaired) electrons. The van der Waals surface area contributed by atoms with Crippen molar-refractivity contribution in [2.24, 2.45) is 4.99 Å². The molecule has 0 bridgehead atoms. The number of benzene rings is 2. The van der Waals surface area contributed by atoms with E-state index in [9.17, 15) is 9.18 Å². The third-order valence-electron chi connectivity index (χ3n) is 4.99. The fourth-order valence-corrected chi connectivity index (χ4v) is 4.24. The van der Waals surface area contributed by atoms with E-state index in [0.29, 0.717) is 12.8 Å². The summed E-state index contributed by atoms with van der Waals surface area (Å²) < 4.78 is 12.9. The van der Waals surface area contributed by atoms with Gasteiger partial charge in [-0.25, -0.2) is 4.39 Å². The van der Waals surface area contributed by atoms with Crippen molar-refractivity contribution in [1.29, 1.82) is 0 Å². The standard InChI is InChI=1S/C23H27FN2OS/c1-26(2)22-9-5-18(6-10-22)19-13-21(15-23(27)14-19)25-11-12-28-16-17-3-7-20(24)8-4-17/h3-10,19H,11-16H2,1-2H3/t19-/m1/s1. The molecule has 0 amide bonds. The Kier molecular flexibility index (Phi) is 7.26. The van der Waals surface area contributed by atoms with Crippen LogP contribution >= 0.6 is 11.8 Å². The molecule has 1 atom stereocenters. The van der Waals surface area contributed by atoms with Crippen molar-refractivity contribution in [3.8, 4) is 0 Å². The number of ketones is 1. The van der Waals surface area contributed by atoms with Gasteiger partial charge in [0, 0.05) is 56.4 Å². The summed E-state index contributed by atoms with van der Waals surface area (Å²) in [6.07, 6.45) is 1.98. The normalized spacial score (nSPS) is 18.5. The van der Waals surface area contributed by atoms with Gasteiger partial charge in [-0.3, -0.25) is 9.79 Å². The lowest BCUT2D eigenvalue weighted by Gasteiger charge is -2.23. The van der Waals surface area contributed by atoms with Gasteiger partial charge in [0.25, 0.3) is 0 Å². The maximum atomic E-state index is 12.9. The Hall–Kier alpha value is -2.14. The van der Waals surface area contributed by atoms with Crippen LogP contribution in [0.25, 0.3) is 0 Å². The van der Waals surface area contributed by atoms with Crippen molar-refractivity contribution in [3.63, 3.8) is 0 Å². The number of Topliss-reactive ketones (excluding diaryl/α,β-unsaturated/α-hetero) is 1. The van der Waals surface area contributed by atoms with E-state index in [1.807, 2.05) is 26.2 Å². The highest BCUT2D eigenvalue weighted by molar-refractivity contribution is 7.98. The molecule has 0 heterocycles. The molecule has 1 aliphatic rings. The van der Waals surface area contributed by atoms with Crippen LogP contribution in [-0.2, 0) is 10.5 Å². The quantitative estimate of drug-likeness (QED) is 0.608. The van der Waals surface area contributed by atoms with Crippen LogP contribution in [0.3, 0.4) is 0 Å². The van der Waals surface area contributed by atoms with Crippen molar-refractivity contribution < 1.29 is 9.18 Å². The Labute approximate surface area is 171 Å². The number of carbonyl (C=O) groups excluding carboxylic acids is 1. The molecule has 0 N–H and O–H groups in total. The summed E-state index contributed by atoms with van der Waals surface area (Å²) in [5.41, 5.74) is 4.53. The van der Waals surface area contributed by atoms with Gasteiger partial charge in [-0.2, -0.15) is 11.8 Å². The number of anilines is 1. The van der Waals surface area contributed by atoms with Crippen LogP contribution in [0.5, 0.6) is 0 Å². The van der Waals surface area contributed by atoms with E-state index >= 15 is 0 Å². The lowest BCUT2D eigenvalue weighted by Crippen LogP contribution is -2.22. The van der Waals surface area contributed by atoms with Gasteiger partial charge in [0.2, 0.25) is 0 Å². The maximum Gasteiger partial charge on any atom is 0.139 e. The SMILES string of the molecule is CN(C)c1ccc([C@H]2CC(=O)CC(=NCCSCc3ccc(F)cc3)C2)cc1. The fraction of sp³-hybridized carbons (Fsp3) is 0.391. The van der Waals surface area contributed by atoms with Gasteiger partial charge in [0.1, 0.15) is 11.6 Å². The van der Waals surface area contributed by atoms with E-state index in [1.54, 1.807) is 11.8 Å². The highest BCUT2D eigenvalue weighted by Crippen LogP contribution is 2.31. The third kappa shape index (κ3) is 5.93. The van der Waals surface area contributed by atoms with Gasteiger partial charge < -0.3 is 4.90 Å². The molecule has 2 aromatic carbocycles. The van der Waals surface area contributed by atoms with E-state index in [4.69, 9.17) is 4.99 Å². The number of carbonyl (C=O) groups is 1. The minimum absolute atomic E-state index is 0.201. The van der Waals surface area contributed by atoms with Crippen molar-refractivity contribution in [2.45, 2.75) is 30.9 Å². The molecule has 1 saturated carbocycles. The zero-order valence-corrected chi connectivity index (χ0v) is 17.3. The summed E-state index contributed by atoms with van der Waals surface area (Å²) in [7, 11) is 4.05. The topological polar surface area (TPSA) is 32.7 Å². The lowest BCUT2D eigenvalue weighted by molar-refractivity contribution is -0.118. The van der Waals surface area contributed by atoms with Gasteiger partial charge in [-0.05, 0) is 47.7 Å². The van der Waals surface area contributed by atoms with Crippen LogP contribution in [0.15, 0.2) is 53.5 Å². The Morgan fingerprint density at radius 1 is 1.07 bits per heavy atom. The van der Waals surface area contributed by atoms with Crippen LogP contribution in [0.1, 0.15) is 36.3 Å². The molecule has 3 rings (SSSR count). The Bertz CT molecular complexity index is 816. The van der Waals surface area contributed by atoms with Gasteiger partial charge in [-0.1, -0.05) is 24.3 Å². The number of hydrogen-bond acceptors (Lipinski definition) is 4. The molecule has 0 unspecified atom stereocenters. The van der Waals surface area contributed by atoms with Crippen molar-refractivity contribution in [2.75, 3.05) is 31.3 Å². The van der Waals surface area contributed by atoms with Crippen LogP contribution in [-0.4, -0.2) is 37.9 Å². The second kappa shape index (κ2) is 9.87. The summed E-state index contributed by atoms with van der Waals surface area (Å²) in [6, 6.07) is 15.1. The Morgan fingerprint density at radius 3 is 2.46 bits per heavy atom. The summed E-state index contributed by atoms with van der Waals surface area (Å²) >= 11 is 1.78. The number of nitrogens with zero attached hydrogens (tertiary/aromatic N) is 2. The molecule has 0 aromatic heterocycles.